The second-order valence-corrected chi connectivity index (χ2v) is 19.1. The average Bonchev–Trinajstić information content (AvgIpc) is 3.73. The number of benzene rings is 3. The maximum absolute atomic E-state index is 16.2. The number of hydrogen-bond acceptors (Lipinski definition) is 9. The molecule has 18 heteroatoms. The first-order chi connectivity index (χ1) is 31.6. The fourth-order valence-corrected chi connectivity index (χ4v) is 11.1. The average molecular weight is 897 g/mol. The summed E-state index contributed by atoms with van der Waals surface area (Å²) in [5.41, 5.74) is 3.39. The third-order valence-electron chi connectivity index (χ3n) is 14.5. The Morgan fingerprint density at radius 3 is 2.39 bits per heavy atom. The number of ether oxygens (including phenoxy) is 2. The zero-order chi connectivity index (χ0) is 45.9. The van der Waals surface area contributed by atoms with Gasteiger partial charge < -0.3 is 18.9 Å². The molecule has 1 N–H and O–H groups in total. The Labute approximate surface area is 374 Å². The van der Waals surface area contributed by atoms with Gasteiger partial charge in [0.1, 0.15) is 34.7 Å². The molecule has 0 bridgehead atoms. The molecule has 1 saturated carbocycles. The smallest absolute Gasteiger partial charge is 0.376 e. The van der Waals surface area contributed by atoms with E-state index in [1.54, 1.807) is 53.4 Å². The molecule has 2 saturated heterocycles. The van der Waals surface area contributed by atoms with Crippen molar-refractivity contribution in [2.75, 3.05) is 6.61 Å². The molecule has 16 nitrogen and oxygen atoms in total. The number of aryl methyl sites for hydroxylation is 3. The number of halogens is 2. The van der Waals surface area contributed by atoms with Gasteiger partial charge in [-0.3, -0.25) is 28.1 Å². The summed E-state index contributed by atoms with van der Waals surface area (Å²) in [7, 11) is 1.71. The molecule has 66 heavy (non-hydrogen) atoms. The number of nitrogens with zero attached hydrogens (tertiary/aromatic N) is 9. The first-order valence-corrected chi connectivity index (χ1v) is 22.2. The molecule has 2 unspecified atom stereocenters. The number of amides is 1. The van der Waals surface area contributed by atoms with Crippen molar-refractivity contribution in [2.45, 2.75) is 96.2 Å². The maximum atomic E-state index is 16.2. The third-order valence-corrected chi connectivity index (χ3v) is 14.5. The predicted molar refractivity (Wildman–Crippen MR) is 236 cm³/mol. The molecule has 1 amide bonds. The third kappa shape index (κ3) is 5.72. The normalized spacial score (nSPS) is 24.3. The molecular formula is C48H46F2N10O6. The molecule has 8 heterocycles. The molecule has 0 radical (unpaired) electrons. The van der Waals surface area contributed by atoms with Crippen molar-refractivity contribution < 1.29 is 27.6 Å². The van der Waals surface area contributed by atoms with E-state index < -0.39 is 41.2 Å². The topological polar surface area (TPSA) is 168 Å². The number of carbonyl (C=O) groups is 1. The summed E-state index contributed by atoms with van der Waals surface area (Å²) in [4.78, 5) is 47.4. The molecule has 0 spiro atoms. The van der Waals surface area contributed by atoms with E-state index >= 15 is 13.6 Å². The number of aromatic nitrogens is 9. The van der Waals surface area contributed by atoms with Crippen molar-refractivity contribution in [2.24, 2.45) is 13.0 Å². The van der Waals surface area contributed by atoms with Gasteiger partial charge in [-0.05, 0) is 125 Å². The van der Waals surface area contributed by atoms with Gasteiger partial charge in [-0.1, -0.05) is 18.1 Å². The molecular weight excluding hydrogens is 851 g/mol. The van der Waals surface area contributed by atoms with Crippen LogP contribution in [-0.2, 0) is 22.1 Å². The van der Waals surface area contributed by atoms with Crippen LogP contribution in [0.1, 0.15) is 109 Å². The Morgan fingerprint density at radius 1 is 0.939 bits per heavy atom. The van der Waals surface area contributed by atoms with Gasteiger partial charge in [0.2, 0.25) is 0 Å². The van der Waals surface area contributed by atoms with Crippen LogP contribution in [0.25, 0.3) is 39.0 Å². The van der Waals surface area contributed by atoms with Crippen LogP contribution < -0.4 is 11.4 Å². The number of carbonyl (C=O) groups excluding carboxylic acids is 1. The van der Waals surface area contributed by atoms with Crippen LogP contribution in [0.15, 0.2) is 81.2 Å². The number of aromatic amines is 1. The minimum absolute atomic E-state index is 0.0244. The van der Waals surface area contributed by atoms with Crippen molar-refractivity contribution in [1.29, 1.82) is 0 Å². The van der Waals surface area contributed by atoms with Crippen LogP contribution in [-0.4, -0.2) is 72.6 Å². The highest BCUT2D eigenvalue weighted by Crippen LogP contribution is 2.57. The second kappa shape index (κ2) is 13.8. The standard InChI is InChI=1S/C48H46F2N10O6/c1-23-16-30(17-24(2)37(23)49)60-41(57-14-13-56(46(57)63)34-11-10-33-31(38(34)50)22-51-55(33)7)36-26(4)58(43-40(65-43)39(36)53-60)42(61)35-19-29-18-27(28-12-15-64-47(5,6)21-28)8-9-32(29)59(35)48(20-25(48)3)44-52-45(62)66-54-44/h8-11,13-14,16-19,22,25-26,28,40,43H,12,15,20-21H2,1-7H3,(H,52,54,62)/t25-,26-,28-,40?,43?,48-/m0/s1. The largest absolute Gasteiger partial charge is 0.438 e. The van der Waals surface area contributed by atoms with Crippen LogP contribution >= 0.6 is 0 Å². The number of rotatable bonds is 7. The second-order valence-electron chi connectivity index (χ2n) is 19.1. The Morgan fingerprint density at radius 2 is 1.68 bits per heavy atom. The van der Waals surface area contributed by atoms with Gasteiger partial charge in [-0.2, -0.15) is 10.2 Å². The van der Waals surface area contributed by atoms with Crippen LogP contribution in [0, 0.1) is 31.4 Å². The van der Waals surface area contributed by atoms with Gasteiger partial charge in [0.15, 0.2) is 17.9 Å². The van der Waals surface area contributed by atoms with Gasteiger partial charge in [-0.25, -0.2) is 23.1 Å². The minimum atomic E-state index is -0.895. The lowest BCUT2D eigenvalue weighted by molar-refractivity contribution is -0.0592. The molecule has 3 fully saturated rings. The quantitative estimate of drug-likeness (QED) is 0.162. The van der Waals surface area contributed by atoms with Crippen molar-refractivity contribution in [3.63, 3.8) is 0 Å². The van der Waals surface area contributed by atoms with E-state index in [0.717, 1.165) is 29.3 Å². The number of H-pyrrole nitrogens is 1. The maximum Gasteiger partial charge on any atom is 0.438 e. The summed E-state index contributed by atoms with van der Waals surface area (Å²) >= 11 is 0. The minimum Gasteiger partial charge on any atom is -0.376 e. The lowest BCUT2D eigenvalue weighted by Crippen LogP contribution is -2.41. The Hall–Kier alpha value is -6.92. The number of nitrogens with one attached hydrogen (secondary N) is 1. The fourth-order valence-electron chi connectivity index (χ4n) is 11.1. The highest BCUT2D eigenvalue weighted by molar-refractivity contribution is 6.00. The number of epoxide rings is 1. The molecule has 338 valence electrons. The van der Waals surface area contributed by atoms with Crippen molar-refractivity contribution in [3.8, 4) is 17.2 Å². The van der Waals surface area contributed by atoms with Crippen LogP contribution in [0.3, 0.4) is 0 Å². The Balaban J connectivity index is 1.02. The number of fused-ring (bicyclic) bond motifs is 5. The van der Waals surface area contributed by atoms with E-state index in [4.69, 9.17) is 19.1 Å². The summed E-state index contributed by atoms with van der Waals surface area (Å²) in [6.45, 7) is 12.1. The van der Waals surface area contributed by atoms with E-state index in [-0.39, 0.29) is 40.2 Å². The first-order valence-electron chi connectivity index (χ1n) is 22.2. The Kier molecular flexibility index (Phi) is 8.49. The molecule has 3 aromatic carbocycles. The highest BCUT2D eigenvalue weighted by atomic mass is 19.1. The zero-order valence-corrected chi connectivity index (χ0v) is 37.3. The molecule has 6 atom stereocenters. The van der Waals surface area contributed by atoms with Gasteiger partial charge in [0.25, 0.3) is 5.91 Å². The summed E-state index contributed by atoms with van der Waals surface area (Å²) < 4.78 is 56.5. The first kappa shape index (κ1) is 40.6. The van der Waals surface area contributed by atoms with E-state index in [9.17, 15) is 9.59 Å². The molecule has 3 aliphatic heterocycles. The SMILES string of the molecule is Cc1cc(-n2nc3c(c2-n2ccn(-c4ccc5c(cnn5C)c4F)c2=O)[C@H](C)N(C(=O)c2cc4cc([C@H]5CCOC(C)(C)C5)ccc4n2[C@@]2(c4noc(=O)[nH]4)C[C@@H]2C)C2OC32)cc(C)c1F. The fraction of sp³-hybridized carbons (Fsp3) is 0.375. The molecule has 4 aliphatic rings. The molecule has 12 rings (SSSR count). The van der Waals surface area contributed by atoms with E-state index in [1.807, 2.05) is 30.5 Å². The van der Waals surface area contributed by atoms with E-state index in [1.165, 1.54) is 33.8 Å². The summed E-state index contributed by atoms with van der Waals surface area (Å²) in [5, 5.41) is 14.5. The zero-order valence-electron chi connectivity index (χ0n) is 37.3. The summed E-state index contributed by atoms with van der Waals surface area (Å²) in [6, 6.07) is 14.0. The van der Waals surface area contributed by atoms with Crippen molar-refractivity contribution in [3.05, 3.63) is 139 Å². The van der Waals surface area contributed by atoms with Crippen LogP contribution in [0.4, 0.5) is 8.78 Å². The van der Waals surface area contributed by atoms with Gasteiger partial charge in [-0.15, -0.1) is 0 Å². The van der Waals surface area contributed by atoms with Crippen LogP contribution in [0.2, 0.25) is 0 Å². The number of hydrogen-bond donors (Lipinski definition) is 1. The van der Waals surface area contributed by atoms with Crippen molar-refractivity contribution >= 4 is 27.7 Å². The van der Waals surface area contributed by atoms with E-state index in [2.05, 4.69) is 41.2 Å². The van der Waals surface area contributed by atoms with Gasteiger partial charge >= 0.3 is 11.4 Å². The molecule has 5 aromatic heterocycles. The summed E-state index contributed by atoms with van der Waals surface area (Å²) in [5.74, 6) is -1.18. The monoisotopic (exact) mass is 896 g/mol. The highest BCUT2D eigenvalue weighted by Gasteiger charge is 2.61. The lowest BCUT2D eigenvalue weighted by atomic mass is 9.83. The number of imidazole rings is 1. The van der Waals surface area contributed by atoms with Crippen molar-refractivity contribution in [1.82, 2.24) is 48.3 Å². The molecule has 8 aromatic rings. The lowest BCUT2D eigenvalue weighted by Gasteiger charge is -2.35. The molecule has 1 aliphatic carbocycles. The van der Waals surface area contributed by atoms with Gasteiger partial charge in [0.05, 0.1) is 40.1 Å². The summed E-state index contributed by atoms with van der Waals surface area (Å²) in [6.07, 6.45) is 5.37. The Bertz CT molecular complexity index is 3470. The van der Waals surface area contributed by atoms with Crippen LogP contribution in [0.5, 0.6) is 0 Å². The predicted octanol–water partition coefficient (Wildman–Crippen LogP) is 7.30. The van der Waals surface area contributed by atoms with E-state index in [0.29, 0.717) is 64.0 Å². The van der Waals surface area contributed by atoms with Gasteiger partial charge in [0, 0.05) is 42.5 Å².